The van der Waals surface area contributed by atoms with Crippen LogP contribution in [0.5, 0.6) is 0 Å². The summed E-state index contributed by atoms with van der Waals surface area (Å²) in [6.07, 6.45) is 0.715. The molecule has 1 amide bonds. The minimum atomic E-state index is -3.67. The summed E-state index contributed by atoms with van der Waals surface area (Å²) in [6, 6.07) is 7.68. The summed E-state index contributed by atoms with van der Waals surface area (Å²) in [4.78, 5) is 12.2. The molecule has 1 unspecified atom stereocenters. The molecule has 0 heterocycles. The van der Waals surface area contributed by atoms with Gasteiger partial charge < -0.3 is 15.4 Å². The summed E-state index contributed by atoms with van der Waals surface area (Å²) in [7, 11) is -2.02. The summed E-state index contributed by atoms with van der Waals surface area (Å²) in [5, 5.41) is 6.13. The summed E-state index contributed by atoms with van der Waals surface area (Å²) >= 11 is 0. The van der Waals surface area contributed by atoms with E-state index in [2.05, 4.69) is 37.5 Å². The quantitative estimate of drug-likeness (QED) is 0.520. The van der Waals surface area contributed by atoms with Crippen LogP contribution in [-0.4, -0.2) is 51.4 Å². The number of nitrogens with one attached hydrogen (secondary N) is 2. The highest BCUT2D eigenvalue weighted by Gasteiger charge is 2.20. The van der Waals surface area contributed by atoms with Crippen molar-refractivity contribution in [3.8, 4) is 0 Å². The van der Waals surface area contributed by atoms with Crippen LogP contribution in [0.2, 0.25) is 0 Å². The van der Waals surface area contributed by atoms with Crippen molar-refractivity contribution in [2.24, 2.45) is 0 Å². The SMILES string of the molecule is COCCNC(C)C(=O)Nc1ccccc1C(C)(C)C.CS(=O)(=O)O. The van der Waals surface area contributed by atoms with Crippen molar-refractivity contribution in [3.63, 3.8) is 0 Å². The van der Waals surface area contributed by atoms with Crippen LogP contribution in [0.4, 0.5) is 5.69 Å². The van der Waals surface area contributed by atoms with Gasteiger partial charge in [-0.15, -0.1) is 0 Å². The Bertz CT molecular complexity index is 631. The van der Waals surface area contributed by atoms with E-state index in [1.807, 2.05) is 25.1 Å². The van der Waals surface area contributed by atoms with E-state index < -0.39 is 10.1 Å². The molecule has 0 aliphatic carbocycles. The molecule has 0 fully saturated rings. The van der Waals surface area contributed by atoms with Gasteiger partial charge in [-0.1, -0.05) is 39.0 Å². The van der Waals surface area contributed by atoms with Crippen LogP contribution < -0.4 is 10.6 Å². The van der Waals surface area contributed by atoms with E-state index in [0.29, 0.717) is 19.4 Å². The molecule has 0 aliphatic heterocycles. The third-order valence-corrected chi connectivity index (χ3v) is 3.14. The molecule has 0 aromatic heterocycles. The molecule has 0 aliphatic rings. The Morgan fingerprint density at radius 3 is 2.28 bits per heavy atom. The first-order chi connectivity index (χ1) is 11.4. The number of para-hydroxylation sites is 1. The Morgan fingerprint density at radius 1 is 1.28 bits per heavy atom. The number of benzene rings is 1. The van der Waals surface area contributed by atoms with Crippen molar-refractivity contribution in [1.82, 2.24) is 5.32 Å². The van der Waals surface area contributed by atoms with Gasteiger partial charge in [0.25, 0.3) is 10.1 Å². The number of carbonyl (C=O) groups excluding carboxylic acids is 1. The second-order valence-electron chi connectivity index (χ2n) is 6.69. The van der Waals surface area contributed by atoms with Gasteiger partial charge in [-0.05, 0) is 24.0 Å². The van der Waals surface area contributed by atoms with Gasteiger partial charge in [-0.25, -0.2) is 0 Å². The molecule has 144 valence electrons. The van der Waals surface area contributed by atoms with E-state index in [1.165, 1.54) is 0 Å². The number of rotatable bonds is 6. The molecule has 1 aromatic carbocycles. The monoisotopic (exact) mass is 374 g/mol. The molecule has 0 bridgehead atoms. The molecule has 0 spiro atoms. The number of carbonyl (C=O) groups is 1. The van der Waals surface area contributed by atoms with Gasteiger partial charge >= 0.3 is 0 Å². The molecule has 1 aromatic rings. The number of methoxy groups -OCH3 is 1. The molecule has 25 heavy (non-hydrogen) atoms. The van der Waals surface area contributed by atoms with Crippen molar-refractivity contribution >= 4 is 21.7 Å². The van der Waals surface area contributed by atoms with Crippen LogP contribution >= 0.6 is 0 Å². The number of hydrogen-bond acceptors (Lipinski definition) is 5. The van der Waals surface area contributed by atoms with Gasteiger partial charge in [-0.2, -0.15) is 8.42 Å². The Hall–Kier alpha value is -1.48. The highest BCUT2D eigenvalue weighted by Crippen LogP contribution is 2.29. The Kier molecular flexibility index (Phi) is 9.88. The predicted octanol–water partition coefficient (Wildman–Crippen LogP) is 2.05. The molecular formula is C17H30N2O5S. The number of ether oxygens (including phenoxy) is 1. The fourth-order valence-corrected chi connectivity index (χ4v) is 1.96. The molecule has 8 heteroatoms. The van der Waals surface area contributed by atoms with Gasteiger partial charge in [0.15, 0.2) is 0 Å². The van der Waals surface area contributed by atoms with E-state index in [-0.39, 0.29) is 17.4 Å². The molecule has 0 saturated carbocycles. The van der Waals surface area contributed by atoms with Crippen LogP contribution in [0, 0.1) is 0 Å². The Balaban J connectivity index is 0.00000101. The maximum absolute atomic E-state index is 12.2. The third-order valence-electron chi connectivity index (χ3n) is 3.14. The molecule has 1 rings (SSSR count). The fraction of sp³-hybridized carbons (Fsp3) is 0.588. The van der Waals surface area contributed by atoms with E-state index in [4.69, 9.17) is 9.29 Å². The lowest BCUT2D eigenvalue weighted by Gasteiger charge is -2.24. The van der Waals surface area contributed by atoms with Gasteiger partial charge in [0.05, 0.1) is 18.9 Å². The van der Waals surface area contributed by atoms with E-state index in [0.717, 1.165) is 11.3 Å². The Labute approximate surface area is 150 Å². The van der Waals surface area contributed by atoms with Crippen LogP contribution in [0.15, 0.2) is 24.3 Å². The van der Waals surface area contributed by atoms with Crippen LogP contribution in [0.25, 0.3) is 0 Å². The maximum Gasteiger partial charge on any atom is 0.261 e. The van der Waals surface area contributed by atoms with E-state index >= 15 is 0 Å². The first-order valence-corrected chi connectivity index (χ1v) is 9.76. The van der Waals surface area contributed by atoms with Gasteiger partial charge in [0.1, 0.15) is 0 Å². The van der Waals surface area contributed by atoms with Gasteiger partial charge in [-0.3, -0.25) is 9.35 Å². The largest absolute Gasteiger partial charge is 0.383 e. The second-order valence-corrected chi connectivity index (χ2v) is 8.15. The van der Waals surface area contributed by atoms with E-state index in [9.17, 15) is 13.2 Å². The predicted molar refractivity (Wildman–Crippen MR) is 101 cm³/mol. The molecule has 3 N–H and O–H groups in total. The standard InChI is InChI=1S/C16H26N2O2.CH4O3S/c1-12(17-10-11-20-5)15(19)18-14-9-7-6-8-13(14)16(2,3)4;1-5(2,3)4/h6-9,12,17H,10-11H2,1-5H3,(H,18,19);1H3,(H,2,3,4). The highest BCUT2D eigenvalue weighted by molar-refractivity contribution is 7.85. The number of hydrogen-bond donors (Lipinski definition) is 3. The first-order valence-electron chi connectivity index (χ1n) is 7.91. The van der Waals surface area contributed by atoms with Crippen LogP contribution in [0.1, 0.15) is 33.3 Å². The van der Waals surface area contributed by atoms with Crippen molar-refractivity contribution in [2.75, 3.05) is 31.8 Å². The van der Waals surface area contributed by atoms with Crippen LogP contribution in [-0.2, 0) is 25.1 Å². The molecule has 7 nitrogen and oxygen atoms in total. The fourth-order valence-electron chi connectivity index (χ4n) is 1.96. The van der Waals surface area contributed by atoms with Gasteiger partial charge in [0, 0.05) is 19.3 Å². The van der Waals surface area contributed by atoms with Crippen molar-refractivity contribution < 1.29 is 22.5 Å². The molecule has 0 saturated heterocycles. The average molecular weight is 375 g/mol. The number of anilines is 1. The lowest BCUT2D eigenvalue weighted by atomic mass is 9.86. The van der Waals surface area contributed by atoms with Crippen LogP contribution in [0.3, 0.4) is 0 Å². The molecule has 1 atom stereocenters. The topological polar surface area (TPSA) is 105 Å². The Morgan fingerprint density at radius 2 is 1.80 bits per heavy atom. The smallest absolute Gasteiger partial charge is 0.261 e. The average Bonchev–Trinajstić information content (AvgIpc) is 2.45. The zero-order valence-corrected chi connectivity index (χ0v) is 16.6. The first kappa shape index (κ1) is 23.5. The summed E-state index contributed by atoms with van der Waals surface area (Å²) < 4.78 is 30.8. The molecular weight excluding hydrogens is 344 g/mol. The van der Waals surface area contributed by atoms with Crippen molar-refractivity contribution in [3.05, 3.63) is 29.8 Å². The van der Waals surface area contributed by atoms with Gasteiger partial charge in [0.2, 0.25) is 5.91 Å². The maximum atomic E-state index is 12.2. The third kappa shape index (κ3) is 11.7. The van der Waals surface area contributed by atoms with Crippen molar-refractivity contribution in [1.29, 1.82) is 0 Å². The number of amides is 1. The zero-order valence-electron chi connectivity index (χ0n) is 15.8. The summed E-state index contributed by atoms with van der Waals surface area (Å²) in [5.41, 5.74) is 2.01. The minimum absolute atomic E-state index is 0.00338. The second kappa shape index (κ2) is 10.5. The molecule has 0 radical (unpaired) electrons. The van der Waals surface area contributed by atoms with E-state index in [1.54, 1.807) is 7.11 Å². The highest BCUT2D eigenvalue weighted by atomic mass is 32.2. The minimum Gasteiger partial charge on any atom is -0.383 e. The summed E-state index contributed by atoms with van der Waals surface area (Å²) in [5.74, 6) is -0.0298. The lowest BCUT2D eigenvalue weighted by molar-refractivity contribution is -0.117. The lowest BCUT2D eigenvalue weighted by Crippen LogP contribution is -2.39. The normalized spacial score (nSPS) is 12.8. The zero-order chi connectivity index (χ0) is 19.7. The summed E-state index contributed by atoms with van der Waals surface area (Å²) in [6.45, 7) is 9.52. The van der Waals surface area contributed by atoms with Crippen molar-refractivity contribution in [2.45, 2.75) is 39.2 Å².